The van der Waals surface area contributed by atoms with Crippen LogP contribution in [0.25, 0.3) is 22.7 Å². The number of tetrazole rings is 1. The first kappa shape index (κ1) is 12.5. The van der Waals surface area contributed by atoms with E-state index in [0.717, 1.165) is 0 Å². The highest BCUT2D eigenvalue weighted by Gasteiger charge is 2.23. The van der Waals surface area contributed by atoms with Crippen LogP contribution in [0.2, 0.25) is 0 Å². The smallest absolute Gasteiger partial charge is 0.238 e. The van der Waals surface area contributed by atoms with Gasteiger partial charge in [0.25, 0.3) is 0 Å². The van der Waals surface area contributed by atoms with E-state index in [2.05, 4.69) is 20.6 Å². The summed E-state index contributed by atoms with van der Waals surface area (Å²) in [5, 5.41) is 18.6. The third kappa shape index (κ3) is 2.08. The van der Waals surface area contributed by atoms with Gasteiger partial charge in [0.05, 0.1) is 16.7 Å². The number of nitrogens with one attached hydrogen (secondary N) is 1. The number of nitrogens with zero attached hydrogens (tertiary/aromatic N) is 3. The van der Waals surface area contributed by atoms with Gasteiger partial charge in [-0.2, -0.15) is 5.21 Å². The van der Waals surface area contributed by atoms with Gasteiger partial charge in [0.2, 0.25) is 15.8 Å². The van der Waals surface area contributed by atoms with Gasteiger partial charge >= 0.3 is 0 Å². The van der Waals surface area contributed by atoms with Crippen LogP contribution in [0.3, 0.4) is 0 Å². The molecule has 0 saturated heterocycles. The molecule has 0 saturated carbocycles. The van der Waals surface area contributed by atoms with E-state index in [1.807, 2.05) is 0 Å². The summed E-state index contributed by atoms with van der Waals surface area (Å²) in [6.45, 7) is 0. The number of aromatic amines is 1. The third-order valence-corrected chi connectivity index (χ3v) is 3.64. The number of rotatable bonds is 3. The second-order valence-corrected chi connectivity index (χ2v) is 5.47. The molecule has 0 fully saturated rings. The van der Waals surface area contributed by atoms with Crippen LogP contribution in [-0.4, -0.2) is 29.0 Å². The summed E-state index contributed by atoms with van der Waals surface area (Å²) in [5.74, 6) is 0.608. The van der Waals surface area contributed by atoms with E-state index in [1.165, 1.54) is 12.3 Å². The molecule has 1 aromatic carbocycles. The highest BCUT2D eigenvalue weighted by atomic mass is 32.2. The van der Waals surface area contributed by atoms with Crippen LogP contribution in [0.15, 0.2) is 45.9 Å². The Balaban J connectivity index is 2.37. The number of sulfonamides is 1. The molecule has 0 aliphatic carbocycles. The molecule has 0 unspecified atom stereocenters. The number of hydrogen-bond donors (Lipinski definition) is 2. The van der Waals surface area contributed by atoms with E-state index < -0.39 is 10.0 Å². The molecule has 0 radical (unpaired) electrons. The van der Waals surface area contributed by atoms with Crippen molar-refractivity contribution in [1.82, 2.24) is 20.6 Å². The Morgan fingerprint density at radius 3 is 2.65 bits per heavy atom. The molecule has 102 valence electrons. The van der Waals surface area contributed by atoms with Crippen LogP contribution in [0.5, 0.6) is 0 Å². The molecule has 0 aliphatic heterocycles. The van der Waals surface area contributed by atoms with Crippen molar-refractivity contribution in [3.05, 3.63) is 36.6 Å². The van der Waals surface area contributed by atoms with Crippen molar-refractivity contribution in [2.24, 2.45) is 5.14 Å². The Morgan fingerprint density at radius 2 is 2.05 bits per heavy atom. The van der Waals surface area contributed by atoms with Crippen LogP contribution in [0, 0.1) is 0 Å². The Kier molecular flexibility index (Phi) is 2.84. The standard InChI is InChI=1S/C11H9N5O3S/c12-20(17,18)9-5-1-3-7(8-4-2-6-19-8)10(9)11-13-15-16-14-11/h1-6H,(H2,12,17,18)(H,13,14,15,16). The van der Waals surface area contributed by atoms with E-state index in [4.69, 9.17) is 9.56 Å². The number of furan rings is 1. The quantitative estimate of drug-likeness (QED) is 0.733. The molecule has 8 nitrogen and oxygen atoms in total. The van der Waals surface area contributed by atoms with E-state index in [9.17, 15) is 8.42 Å². The van der Waals surface area contributed by atoms with Crippen molar-refractivity contribution in [2.45, 2.75) is 4.90 Å². The van der Waals surface area contributed by atoms with Gasteiger partial charge in [0.1, 0.15) is 5.76 Å². The second-order valence-electron chi connectivity index (χ2n) is 3.94. The zero-order valence-corrected chi connectivity index (χ0v) is 10.8. The number of primary sulfonamides is 1. The lowest BCUT2D eigenvalue weighted by atomic mass is 10.0. The van der Waals surface area contributed by atoms with Crippen molar-refractivity contribution < 1.29 is 12.8 Å². The lowest BCUT2D eigenvalue weighted by molar-refractivity contribution is 0.582. The summed E-state index contributed by atoms with van der Waals surface area (Å²) in [4.78, 5) is -0.0900. The molecular weight excluding hydrogens is 282 g/mol. The maximum absolute atomic E-state index is 11.7. The molecule has 0 atom stereocenters. The van der Waals surface area contributed by atoms with Crippen molar-refractivity contribution in [1.29, 1.82) is 0 Å². The van der Waals surface area contributed by atoms with Gasteiger partial charge in [-0.05, 0) is 23.4 Å². The normalized spacial score (nSPS) is 11.7. The largest absolute Gasteiger partial charge is 0.464 e. The van der Waals surface area contributed by atoms with Crippen LogP contribution in [0.4, 0.5) is 0 Å². The summed E-state index contributed by atoms with van der Waals surface area (Å²) in [6.07, 6.45) is 1.49. The maximum Gasteiger partial charge on any atom is 0.238 e. The highest BCUT2D eigenvalue weighted by molar-refractivity contribution is 7.89. The van der Waals surface area contributed by atoms with Gasteiger partial charge in [0, 0.05) is 5.56 Å². The van der Waals surface area contributed by atoms with Gasteiger partial charge in [-0.3, -0.25) is 0 Å². The molecule has 0 bridgehead atoms. The third-order valence-electron chi connectivity index (χ3n) is 2.69. The predicted molar refractivity (Wildman–Crippen MR) is 68.7 cm³/mol. The lowest BCUT2D eigenvalue weighted by Crippen LogP contribution is -2.14. The van der Waals surface area contributed by atoms with E-state index in [1.54, 1.807) is 24.3 Å². The molecule has 3 rings (SSSR count). The first-order chi connectivity index (χ1) is 9.57. The molecule has 9 heteroatoms. The van der Waals surface area contributed by atoms with E-state index >= 15 is 0 Å². The molecule has 0 aliphatic rings. The second kappa shape index (κ2) is 4.54. The predicted octanol–water partition coefficient (Wildman–Crippen LogP) is 0.774. The van der Waals surface area contributed by atoms with Crippen LogP contribution >= 0.6 is 0 Å². The molecule has 3 aromatic rings. The molecule has 20 heavy (non-hydrogen) atoms. The maximum atomic E-state index is 11.7. The molecule has 2 aromatic heterocycles. The summed E-state index contributed by atoms with van der Waals surface area (Å²) in [6, 6.07) is 8.04. The van der Waals surface area contributed by atoms with Gasteiger partial charge in [-0.15, -0.1) is 10.2 Å². The molecule has 0 spiro atoms. The van der Waals surface area contributed by atoms with Crippen LogP contribution in [0.1, 0.15) is 0 Å². The SMILES string of the molecule is NS(=O)(=O)c1cccc(-c2ccco2)c1-c1nn[nH]n1. The van der Waals surface area contributed by atoms with Gasteiger partial charge in [-0.1, -0.05) is 12.1 Å². The fourth-order valence-corrected chi connectivity index (χ4v) is 2.66. The first-order valence-corrected chi connectivity index (χ1v) is 7.05. The Bertz CT molecular complexity index is 825. The molecular formula is C11H9N5O3S. The van der Waals surface area contributed by atoms with E-state index in [0.29, 0.717) is 11.3 Å². The Morgan fingerprint density at radius 1 is 1.20 bits per heavy atom. The zero-order valence-electron chi connectivity index (χ0n) is 10.0. The van der Waals surface area contributed by atoms with Gasteiger partial charge in [0.15, 0.2) is 0 Å². The van der Waals surface area contributed by atoms with Crippen LogP contribution in [-0.2, 0) is 10.0 Å². The van der Waals surface area contributed by atoms with Crippen molar-refractivity contribution in [3.8, 4) is 22.7 Å². The highest BCUT2D eigenvalue weighted by Crippen LogP contribution is 2.34. The minimum atomic E-state index is -3.94. The van der Waals surface area contributed by atoms with Gasteiger partial charge in [-0.25, -0.2) is 13.6 Å². The Labute approximate surface area is 113 Å². The zero-order chi connectivity index (χ0) is 14.2. The number of H-pyrrole nitrogens is 1. The summed E-state index contributed by atoms with van der Waals surface area (Å²) >= 11 is 0. The van der Waals surface area contributed by atoms with Crippen molar-refractivity contribution in [2.75, 3.05) is 0 Å². The van der Waals surface area contributed by atoms with Crippen LogP contribution < -0.4 is 5.14 Å². The minimum absolute atomic E-state index is 0.0900. The fourth-order valence-electron chi connectivity index (χ4n) is 1.90. The number of aromatic nitrogens is 4. The fraction of sp³-hybridized carbons (Fsp3) is 0. The van der Waals surface area contributed by atoms with Gasteiger partial charge < -0.3 is 4.42 Å². The molecule has 3 N–H and O–H groups in total. The summed E-state index contributed by atoms with van der Waals surface area (Å²) in [7, 11) is -3.94. The van der Waals surface area contributed by atoms with Crippen molar-refractivity contribution in [3.63, 3.8) is 0 Å². The average Bonchev–Trinajstić information content (AvgIpc) is 3.10. The molecule has 0 amide bonds. The minimum Gasteiger partial charge on any atom is -0.464 e. The Hall–Kier alpha value is -2.52. The number of hydrogen-bond acceptors (Lipinski definition) is 6. The summed E-state index contributed by atoms with van der Waals surface area (Å²) in [5.41, 5.74) is 0.765. The number of nitrogens with two attached hydrogens (primary N) is 1. The molecule has 2 heterocycles. The first-order valence-electron chi connectivity index (χ1n) is 5.51. The average molecular weight is 291 g/mol. The van der Waals surface area contributed by atoms with E-state index in [-0.39, 0.29) is 16.3 Å². The number of benzene rings is 1. The topological polar surface area (TPSA) is 128 Å². The van der Waals surface area contributed by atoms with Crippen molar-refractivity contribution >= 4 is 10.0 Å². The lowest BCUT2D eigenvalue weighted by Gasteiger charge is -2.08. The monoisotopic (exact) mass is 291 g/mol. The summed E-state index contributed by atoms with van der Waals surface area (Å²) < 4.78 is 28.8.